The zero-order chi connectivity index (χ0) is 8.97. The lowest BCUT2D eigenvalue weighted by Gasteiger charge is -2.09. The average molecular weight is 166 g/mol. The quantitative estimate of drug-likeness (QED) is 0.430. The maximum Gasteiger partial charge on any atom is 0.0766 e. The Morgan fingerprint density at radius 2 is 2.08 bits per heavy atom. The van der Waals surface area contributed by atoms with Gasteiger partial charge in [-0.3, -0.25) is 0 Å². The van der Waals surface area contributed by atoms with Gasteiger partial charge in [0.15, 0.2) is 0 Å². The number of hydrogen-bond donors (Lipinski definition) is 0. The highest BCUT2D eigenvalue weighted by molar-refractivity contribution is 5.08. The molecule has 68 valence electrons. The molecular weight excluding hydrogens is 148 g/mol. The molecule has 0 spiro atoms. The Morgan fingerprint density at radius 1 is 1.42 bits per heavy atom. The fourth-order valence-electron chi connectivity index (χ4n) is 2.06. The number of allylic oxidation sites excluding steroid dienone is 2. The standard InChI is InChI=1S/C8H12.C3H6O/c1-6-4-7-2-3-8(6)5-7;1-3-4-2/h2-3,6-8H,4-5H2,1H3;3H,1H2,2H3. The van der Waals surface area contributed by atoms with Gasteiger partial charge in [-0.25, -0.2) is 0 Å². The number of hydrogen-bond acceptors (Lipinski definition) is 1. The largest absolute Gasteiger partial charge is 0.505 e. The van der Waals surface area contributed by atoms with Crippen LogP contribution in [0.2, 0.25) is 0 Å². The van der Waals surface area contributed by atoms with E-state index in [2.05, 4.69) is 30.4 Å². The SMILES string of the molecule is C=COC.CC1CC2C=CC1C2. The summed E-state index contributed by atoms with van der Waals surface area (Å²) >= 11 is 0. The Labute approximate surface area is 75.1 Å². The average Bonchev–Trinajstić information content (AvgIpc) is 2.65. The van der Waals surface area contributed by atoms with Gasteiger partial charge in [0.2, 0.25) is 0 Å². The molecule has 0 amide bonds. The number of methoxy groups -OCH3 is 1. The van der Waals surface area contributed by atoms with Crippen LogP contribution in [-0.2, 0) is 4.74 Å². The van der Waals surface area contributed by atoms with E-state index in [4.69, 9.17) is 0 Å². The maximum atomic E-state index is 4.31. The van der Waals surface area contributed by atoms with Crippen LogP contribution in [0.1, 0.15) is 19.8 Å². The van der Waals surface area contributed by atoms with Gasteiger partial charge in [-0.15, -0.1) is 0 Å². The second-order valence-corrected chi connectivity index (χ2v) is 3.66. The molecule has 2 bridgehead atoms. The summed E-state index contributed by atoms with van der Waals surface area (Å²) in [6, 6.07) is 0. The van der Waals surface area contributed by atoms with Crippen molar-refractivity contribution in [1.82, 2.24) is 0 Å². The van der Waals surface area contributed by atoms with Gasteiger partial charge in [-0.05, 0) is 30.6 Å². The second-order valence-electron chi connectivity index (χ2n) is 3.66. The molecule has 0 aromatic carbocycles. The summed E-state index contributed by atoms with van der Waals surface area (Å²) in [7, 11) is 1.56. The van der Waals surface area contributed by atoms with Gasteiger partial charge in [0.05, 0.1) is 13.4 Å². The van der Waals surface area contributed by atoms with Crippen molar-refractivity contribution in [3.63, 3.8) is 0 Å². The Kier molecular flexibility index (Phi) is 3.39. The Morgan fingerprint density at radius 3 is 2.25 bits per heavy atom. The fraction of sp³-hybridized carbons (Fsp3) is 0.636. The van der Waals surface area contributed by atoms with E-state index >= 15 is 0 Å². The molecule has 0 aromatic heterocycles. The Balaban J connectivity index is 0.000000157. The van der Waals surface area contributed by atoms with Crippen molar-refractivity contribution in [3.05, 3.63) is 25.0 Å². The van der Waals surface area contributed by atoms with E-state index in [1.807, 2.05) is 0 Å². The van der Waals surface area contributed by atoms with E-state index in [0.717, 1.165) is 17.8 Å². The lowest BCUT2D eigenvalue weighted by Crippen LogP contribution is -1.99. The van der Waals surface area contributed by atoms with E-state index in [9.17, 15) is 0 Å². The summed E-state index contributed by atoms with van der Waals surface area (Å²) in [5.41, 5.74) is 0. The molecule has 3 atom stereocenters. The van der Waals surface area contributed by atoms with E-state index in [-0.39, 0.29) is 0 Å². The molecule has 2 aliphatic rings. The van der Waals surface area contributed by atoms with Crippen molar-refractivity contribution in [2.24, 2.45) is 17.8 Å². The predicted octanol–water partition coefficient (Wildman–Crippen LogP) is 2.99. The van der Waals surface area contributed by atoms with Crippen LogP contribution in [-0.4, -0.2) is 7.11 Å². The molecule has 0 aromatic rings. The van der Waals surface area contributed by atoms with Gasteiger partial charge in [-0.1, -0.05) is 25.7 Å². The minimum atomic E-state index is 0.958. The predicted molar refractivity (Wildman–Crippen MR) is 51.7 cm³/mol. The van der Waals surface area contributed by atoms with Crippen molar-refractivity contribution in [3.8, 4) is 0 Å². The summed E-state index contributed by atoms with van der Waals surface area (Å²) in [5, 5.41) is 0. The van der Waals surface area contributed by atoms with Crippen LogP contribution in [0, 0.1) is 17.8 Å². The van der Waals surface area contributed by atoms with Gasteiger partial charge >= 0.3 is 0 Å². The van der Waals surface area contributed by atoms with Crippen LogP contribution in [0.25, 0.3) is 0 Å². The smallest absolute Gasteiger partial charge is 0.0766 e. The molecule has 0 radical (unpaired) electrons. The molecule has 3 unspecified atom stereocenters. The van der Waals surface area contributed by atoms with E-state index in [1.54, 1.807) is 7.11 Å². The normalized spacial score (nSPS) is 35.7. The first-order valence-corrected chi connectivity index (χ1v) is 4.60. The van der Waals surface area contributed by atoms with Crippen molar-refractivity contribution < 1.29 is 4.74 Å². The van der Waals surface area contributed by atoms with Crippen molar-refractivity contribution >= 4 is 0 Å². The topological polar surface area (TPSA) is 9.23 Å². The molecule has 1 nitrogen and oxygen atoms in total. The first-order chi connectivity index (χ1) is 5.77. The first-order valence-electron chi connectivity index (χ1n) is 4.60. The van der Waals surface area contributed by atoms with Crippen molar-refractivity contribution in [2.45, 2.75) is 19.8 Å². The summed E-state index contributed by atoms with van der Waals surface area (Å²) in [6.07, 6.45) is 9.09. The molecule has 1 fully saturated rings. The van der Waals surface area contributed by atoms with Crippen LogP contribution in [0.3, 0.4) is 0 Å². The molecular formula is C11H18O. The third kappa shape index (κ3) is 2.13. The molecule has 0 saturated heterocycles. The molecule has 1 saturated carbocycles. The van der Waals surface area contributed by atoms with Crippen LogP contribution >= 0.6 is 0 Å². The summed E-state index contributed by atoms with van der Waals surface area (Å²) in [4.78, 5) is 0. The molecule has 0 N–H and O–H groups in total. The molecule has 2 rings (SSSR count). The highest BCUT2D eigenvalue weighted by Gasteiger charge is 2.32. The van der Waals surface area contributed by atoms with Crippen LogP contribution in [0.15, 0.2) is 25.0 Å². The summed E-state index contributed by atoms with van der Waals surface area (Å²) < 4.78 is 4.31. The minimum Gasteiger partial charge on any atom is -0.505 e. The zero-order valence-corrected chi connectivity index (χ0v) is 7.99. The van der Waals surface area contributed by atoms with Crippen LogP contribution in [0.4, 0.5) is 0 Å². The highest BCUT2D eigenvalue weighted by atomic mass is 16.5. The van der Waals surface area contributed by atoms with Crippen molar-refractivity contribution in [2.75, 3.05) is 7.11 Å². The molecule has 0 heterocycles. The van der Waals surface area contributed by atoms with Gasteiger partial charge in [0.1, 0.15) is 0 Å². The lowest BCUT2D eigenvalue weighted by atomic mass is 9.96. The third-order valence-electron chi connectivity index (χ3n) is 2.78. The van der Waals surface area contributed by atoms with Gasteiger partial charge < -0.3 is 4.74 Å². The van der Waals surface area contributed by atoms with Gasteiger partial charge in [0, 0.05) is 0 Å². The highest BCUT2D eigenvalue weighted by Crippen LogP contribution is 2.42. The minimum absolute atomic E-state index is 0.958. The number of ether oxygens (including phenoxy) is 1. The third-order valence-corrected chi connectivity index (χ3v) is 2.78. The Bertz CT molecular complexity index is 172. The van der Waals surface area contributed by atoms with E-state index in [0.29, 0.717) is 0 Å². The fourth-order valence-corrected chi connectivity index (χ4v) is 2.06. The molecule has 0 aliphatic heterocycles. The van der Waals surface area contributed by atoms with Crippen LogP contribution < -0.4 is 0 Å². The lowest BCUT2D eigenvalue weighted by molar-refractivity contribution is 0.339. The molecule has 12 heavy (non-hydrogen) atoms. The number of rotatable bonds is 1. The molecule has 1 heteroatoms. The Hall–Kier alpha value is -0.720. The van der Waals surface area contributed by atoms with E-state index in [1.165, 1.54) is 19.1 Å². The second kappa shape index (κ2) is 4.34. The first kappa shape index (κ1) is 9.37. The van der Waals surface area contributed by atoms with Gasteiger partial charge in [-0.2, -0.15) is 0 Å². The van der Waals surface area contributed by atoms with E-state index < -0.39 is 0 Å². The maximum absolute atomic E-state index is 4.31. The monoisotopic (exact) mass is 166 g/mol. The molecule has 2 aliphatic carbocycles. The summed E-state index contributed by atoms with van der Waals surface area (Å²) in [5.74, 6) is 2.92. The van der Waals surface area contributed by atoms with Gasteiger partial charge in [0.25, 0.3) is 0 Å². The number of fused-ring (bicyclic) bond motifs is 2. The van der Waals surface area contributed by atoms with Crippen LogP contribution in [0.5, 0.6) is 0 Å². The van der Waals surface area contributed by atoms with Crippen molar-refractivity contribution in [1.29, 1.82) is 0 Å². The zero-order valence-electron chi connectivity index (χ0n) is 7.99. The summed E-state index contributed by atoms with van der Waals surface area (Å²) in [6.45, 7) is 5.63.